The van der Waals surface area contributed by atoms with Crippen LogP contribution in [-0.2, 0) is 32.1 Å². The van der Waals surface area contributed by atoms with Crippen molar-refractivity contribution in [3.05, 3.63) is 35.4 Å². The molecule has 2 rings (SSSR count). The lowest BCUT2D eigenvalue weighted by molar-refractivity contribution is -0.142. The van der Waals surface area contributed by atoms with Crippen LogP contribution in [0.1, 0.15) is 50.7 Å². The third-order valence-electron chi connectivity index (χ3n) is 6.00. The Morgan fingerprint density at radius 2 is 1.76 bits per heavy atom. The first-order chi connectivity index (χ1) is 13.9. The smallest absolute Gasteiger partial charge is 0.319 e. The molecule has 2 N–H and O–H groups in total. The molecule has 2 atom stereocenters. The van der Waals surface area contributed by atoms with Gasteiger partial charge in [-0.2, -0.15) is 0 Å². The lowest BCUT2D eigenvalue weighted by atomic mass is 9.90. The molecule has 0 aromatic heterocycles. The molecule has 1 fully saturated rings. The first-order valence-electron chi connectivity index (χ1n) is 10.6. The minimum atomic E-state index is -0.256. The summed E-state index contributed by atoms with van der Waals surface area (Å²) in [6.07, 6.45) is 4.56. The van der Waals surface area contributed by atoms with Gasteiger partial charge in [0.2, 0.25) is 5.91 Å². The third kappa shape index (κ3) is 8.54. The highest BCUT2D eigenvalue weighted by molar-refractivity contribution is 5.73. The van der Waals surface area contributed by atoms with Crippen molar-refractivity contribution in [2.75, 3.05) is 26.7 Å². The normalized spacial score (nSPS) is 17.6. The van der Waals surface area contributed by atoms with Gasteiger partial charge in [0.25, 0.3) is 0 Å². The van der Waals surface area contributed by atoms with Crippen LogP contribution in [-0.4, -0.2) is 49.6 Å². The maximum absolute atomic E-state index is 11.4. The third-order valence-corrected chi connectivity index (χ3v) is 6.00. The van der Waals surface area contributed by atoms with Crippen molar-refractivity contribution in [2.24, 2.45) is 17.6 Å². The molecule has 6 nitrogen and oxygen atoms in total. The molecule has 0 saturated carbocycles. The maximum atomic E-state index is 11.4. The molecule has 162 valence electrons. The predicted octanol–water partition coefficient (Wildman–Crippen LogP) is 2.92. The van der Waals surface area contributed by atoms with E-state index in [1.807, 2.05) is 6.92 Å². The fourth-order valence-electron chi connectivity index (χ4n) is 3.70. The molecule has 0 radical (unpaired) electrons. The summed E-state index contributed by atoms with van der Waals surface area (Å²) in [5.41, 5.74) is 7.73. The van der Waals surface area contributed by atoms with Gasteiger partial charge in [0.15, 0.2) is 0 Å². The van der Waals surface area contributed by atoms with Crippen LogP contribution >= 0.6 is 0 Å². The van der Waals surface area contributed by atoms with E-state index in [9.17, 15) is 9.59 Å². The molecule has 1 aromatic rings. The number of carbonyl (C=O) groups is 2. The van der Waals surface area contributed by atoms with Gasteiger partial charge in [-0.05, 0) is 68.7 Å². The largest absolute Gasteiger partial charge is 0.468 e. The van der Waals surface area contributed by atoms with Crippen LogP contribution in [0.5, 0.6) is 0 Å². The molecular formula is C23H36N2O4. The number of esters is 1. The fraction of sp³-hybridized carbons (Fsp3) is 0.652. The van der Waals surface area contributed by atoms with Gasteiger partial charge in [-0.3, -0.25) is 14.5 Å². The molecule has 1 heterocycles. The van der Waals surface area contributed by atoms with Crippen molar-refractivity contribution in [1.82, 2.24) is 4.90 Å². The Labute approximate surface area is 174 Å². The van der Waals surface area contributed by atoms with E-state index < -0.39 is 0 Å². The number of nitrogens with zero attached hydrogens (tertiary/aromatic N) is 1. The highest BCUT2D eigenvalue weighted by Gasteiger charge is 2.21. The Bertz CT molecular complexity index is 639. The van der Waals surface area contributed by atoms with E-state index in [1.54, 1.807) is 0 Å². The van der Waals surface area contributed by atoms with Crippen LogP contribution in [0, 0.1) is 11.8 Å². The Kier molecular flexibility index (Phi) is 9.61. The van der Waals surface area contributed by atoms with Gasteiger partial charge >= 0.3 is 5.97 Å². The lowest BCUT2D eigenvalue weighted by Crippen LogP contribution is -2.38. The number of nitrogens with two attached hydrogens (primary N) is 1. The van der Waals surface area contributed by atoms with E-state index in [0.29, 0.717) is 31.4 Å². The number of rotatable bonds is 11. The van der Waals surface area contributed by atoms with Crippen molar-refractivity contribution in [2.45, 2.75) is 58.7 Å². The molecule has 0 aliphatic carbocycles. The first-order valence-corrected chi connectivity index (χ1v) is 10.6. The number of ether oxygens (including phenoxy) is 2. The van der Waals surface area contributed by atoms with E-state index in [1.165, 1.54) is 12.7 Å². The summed E-state index contributed by atoms with van der Waals surface area (Å²) in [7, 11) is 1.44. The quantitative estimate of drug-likeness (QED) is 0.574. The second-order valence-electron chi connectivity index (χ2n) is 8.31. The summed E-state index contributed by atoms with van der Waals surface area (Å²) in [6.45, 7) is 7.03. The topological polar surface area (TPSA) is 81.9 Å². The molecule has 6 heteroatoms. The van der Waals surface area contributed by atoms with Crippen LogP contribution in [0.25, 0.3) is 0 Å². The summed E-state index contributed by atoms with van der Waals surface area (Å²) in [5, 5.41) is 0. The minimum absolute atomic E-state index is 0.0872. The second kappa shape index (κ2) is 11.9. The van der Waals surface area contributed by atoms with Crippen molar-refractivity contribution >= 4 is 11.9 Å². The van der Waals surface area contributed by atoms with Crippen molar-refractivity contribution in [1.29, 1.82) is 0 Å². The number of piperidine rings is 1. The lowest BCUT2D eigenvalue weighted by Gasteiger charge is -2.31. The summed E-state index contributed by atoms with van der Waals surface area (Å²) >= 11 is 0. The number of hydrogen-bond donors (Lipinski definition) is 1. The molecule has 1 aliphatic rings. The van der Waals surface area contributed by atoms with Gasteiger partial charge in [-0.15, -0.1) is 0 Å². The summed E-state index contributed by atoms with van der Waals surface area (Å²) in [6, 6.07) is 8.67. The number of carbonyl (C=O) groups excluding carboxylic acids is 2. The SMILES string of the molecule is COC(=O)CN1CCC(Cc2ccc(CO[C@H](C)[C@@H](C)CCC(N)=O)cc2)CC1. The highest BCUT2D eigenvalue weighted by Crippen LogP contribution is 2.22. The van der Waals surface area contributed by atoms with Gasteiger partial charge in [-0.25, -0.2) is 0 Å². The number of methoxy groups -OCH3 is 1. The van der Waals surface area contributed by atoms with E-state index >= 15 is 0 Å². The van der Waals surface area contributed by atoms with Gasteiger partial charge in [-0.1, -0.05) is 31.2 Å². The van der Waals surface area contributed by atoms with E-state index in [2.05, 4.69) is 36.1 Å². The van der Waals surface area contributed by atoms with Crippen molar-refractivity contribution < 1.29 is 19.1 Å². The molecule has 1 amide bonds. The Balaban J connectivity index is 1.71. The summed E-state index contributed by atoms with van der Waals surface area (Å²) in [4.78, 5) is 24.5. The monoisotopic (exact) mass is 404 g/mol. The number of primary amides is 1. The average Bonchev–Trinajstić information content (AvgIpc) is 2.72. The maximum Gasteiger partial charge on any atom is 0.319 e. The molecule has 0 unspecified atom stereocenters. The van der Waals surface area contributed by atoms with E-state index in [0.717, 1.165) is 44.3 Å². The van der Waals surface area contributed by atoms with E-state index in [-0.39, 0.29) is 18.0 Å². The first kappa shape index (κ1) is 23.4. The molecule has 1 aliphatic heterocycles. The summed E-state index contributed by atoms with van der Waals surface area (Å²) < 4.78 is 10.7. The van der Waals surface area contributed by atoms with Gasteiger partial charge < -0.3 is 15.2 Å². The van der Waals surface area contributed by atoms with Crippen LogP contribution in [0.4, 0.5) is 0 Å². The Morgan fingerprint density at radius 1 is 1.14 bits per heavy atom. The predicted molar refractivity (Wildman–Crippen MR) is 113 cm³/mol. The zero-order valence-corrected chi connectivity index (χ0v) is 18.1. The number of likely N-dealkylation sites (tertiary alicyclic amines) is 1. The van der Waals surface area contributed by atoms with Crippen LogP contribution < -0.4 is 5.73 Å². The minimum Gasteiger partial charge on any atom is -0.468 e. The van der Waals surface area contributed by atoms with Crippen LogP contribution in [0.2, 0.25) is 0 Å². The number of amides is 1. The molecule has 0 bridgehead atoms. The fourth-order valence-corrected chi connectivity index (χ4v) is 3.70. The van der Waals surface area contributed by atoms with Gasteiger partial charge in [0.05, 0.1) is 26.4 Å². The molecule has 0 spiro atoms. The zero-order chi connectivity index (χ0) is 21.2. The summed E-state index contributed by atoms with van der Waals surface area (Å²) in [5.74, 6) is 0.551. The van der Waals surface area contributed by atoms with Gasteiger partial charge in [0, 0.05) is 6.42 Å². The number of hydrogen-bond acceptors (Lipinski definition) is 5. The van der Waals surface area contributed by atoms with E-state index in [4.69, 9.17) is 15.2 Å². The van der Waals surface area contributed by atoms with Crippen molar-refractivity contribution in [3.63, 3.8) is 0 Å². The van der Waals surface area contributed by atoms with Crippen LogP contribution in [0.15, 0.2) is 24.3 Å². The standard InChI is InChI=1S/C23H36N2O4/c1-17(4-9-22(24)26)18(2)29-16-21-7-5-19(6-8-21)14-20-10-12-25(13-11-20)15-23(27)28-3/h5-8,17-18,20H,4,9-16H2,1-3H3,(H2,24,26)/t17-,18+/m0/s1. The Hall–Kier alpha value is -1.92. The van der Waals surface area contributed by atoms with Crippen molar-refractivity contribution in [3.8, 4) is 0 Å². The number of benzene rings is 1. The molecular weight excluding hydrogens is 368 g/mol. The molecule has 29 heavy (non-hydrogen) atoms. The highest BCUT2D eigenvalue weighted by atomic mass is 16.5. The average molecular weight is 405 g/mol. The molecule has 1 saturated heterocycles. The zero-order valence-electron chi connectivity index (χ0n) is 18.1. The second-order valence-corrected chi connectivity index (χ2v) is 8.31. The van der Waals surface area contributed by atoms with Crippen LogP contribution in [0.3, 0.4) is 0 Å². The van der Waals surface area contributed by atoms with Gasteiger partial charge in [0.1, 0.15) is 0 Å². The molecule has 1 aromatic carbocycles. The Morgan fingerprint density at radius 3 is 2.34 bits per heavy atom.